The highest BCUT2D eigenvalue weighted by Gasteiger charge is 2.29. The molecule has 0 saturated carbocycles. The number of rotatable bonds is 7. The van der Waals surface area contributed by atoms with Crippen LogP contribution in [0, 0.1) is 19.5 Å². The standard InChI is InChI=1S/C19H14ClFIN5O6S/c20-11-7-9(22)5-6-12(11)24-17-10(19(28)26-29)8-14(27(30)31)18(16(17)21)25-13-3-1-2-4-15(13)34(23,32)33/h1-8,24-25,29H,(H,26,28)(H2,23,32,33). The van der Waals surface area contributed by atoms with Crippen LogP contribution in [0.4, 0.5) is 32.8 Å². The molecular weight excluding hydrogens is 608 g/mol. The van der Waals surface area contributed by atoms with E-state index in [1.807, 2.05) is 22.6 Å². The number of nitrogens with two attached hydrogens (primary N) is 1. The van der Waals surface area contributed by atoms with Crippen LogP contribution in [0.2, 0.25) is 5.02 Å². The molecule has 0 unspecified atom stereocenters. The average Bonchev–Trinajstić information content (AvgIpc) is 2.77. The number of halogens is 3. The molecule has 1 amide bonds. The number of nitro benzene ring substituents is 1. The van der Waals surface area contributed by atoms with E-state index in [0.29, 0.717) is 6.07 Å². The maximum absolute atomic E-state index is 15.7. The van der Waals surface area contributed by atoms with Crippen molar-refractivity contribution in [3.8, 4) is 0 Å². The van der Waals surface area contributed by atoms with Gasteiger partial charge in [0, 0.05) is 9.64 Å². The van der Waals surface area contributed by atoms with Gasteiger partial charge in [-0.1, -0.05) is 23.7 Å². The summed E-state index contributed by atoms with van der Waals surface area (Å²) < 4.78 is 40.3. The number of carbonyl (C=O) groups is 1. The zero-order valence-corrected chi connectivity index (χ0v) is 20.4. The van der Waals surface area contributed by atoms with Crippen molar-refractivity contribution >= 4 is 78.6 Å². The number of anilines is 4. The molecule has 0 saturated heterocycles. The summed E-state index contributed by atoms with van der Waals surface area (Å²) in [5.41, 5.74) is -1.66. The number of carbonyl (C=O) groups excluding carboxylic acids is 1. The highest BCUT2D eigenvalue weighted by Crippen LogP contribution is 2.40. The second-order valence-electron chi connectivity index (χ2n) is 6.62. The topological polar surface area (TPSA) is 177 Å². The average molecular weight is 622 g/mol. The van der Waals surface area contributed by atoms with E-state index in [1.165, 1.54) is 29.7 Å². The van der Waals surface area contributed by atoms with Gasteiger partial charge in [-0.3, -0.25) is 20.1 Å². The molecule has 6 N–H and O–H groups in total. The lowest BCUT2D eigenvalue weighted by atomic mass is 10.1. The molecule has 0 aliphatic heterocycles. The summed E-state index contributed by atoms with van der Waals surface area (Å²) >= 11 is 8.17. The summed E-state index contributed by atoms with van der Waals surface area (Å²) in [6, 6.07) is 10.5. The van der Waals surface area contributed by atoms with Crippen LogP contribution >= 0.6 is 34.2 Å². The fourth-order valence-electron chi connectivity index (χ4n) is 2.94. The molecule has 3 aromatic rings. The predicted molar refractivity (Wildman–Crippen MR) is 131 cm³/mol. The largest absolute Gasteiger partial charge is 0.351 e. The minimum atomic E-state index is -4.28. The monoisotopic (exact) mass is 621 g/mol. The van der Waals surface area contributed by atoms with Gasteiger partial charge in [-0.05, 0) is 52.9 Å². The Balaban J connectivity index is 2.27. The highest BCUT2D eigenvalue weighted by molar-refractivity contribution is 14.1. The second-order valence-corrected chi connectivity index (χ2v) is 9.80. The van der Waals surface area contributed by atoms with Crippen molar-refractivity contribution in [2.24, 2.45) is 5.14 Å². The molecule has 0 bridgehead atoms. The molecule has 0 heterocycles. The zero-order chi connectivity index (χ0) is 25.2. The first-order chi connectivity index (χ1) is 15.9. The lowest BCUT2D eigenvalue weighted by Gasteiger charge is -2.18. The number of primary sulfonamides is 1. The minimum absolute atomic E-state index is 0.147. The molecule has 0 spiro atoms. The van der Waals surface area contributed by atoms with Gasteiger partial charge >= 0.3 is 0 Å². The van der Waals surface area contributed by atoms with E-state index in [-0.39, 0.29) is 16.4 Å². The molecule has 15 heteroatoms. The predicted octanol–water partition coefficient (Wildman–Crippen LogP) is 4.25. The van der Waals surface area contributed by atoms with Crippen LogP contribution in [0.5, 0.6) is 0 Å². The van der Waals surface area contributed by atoms with E-state index >= 15 is 4.39 Å². The third-order valence-electron chi connectivity index (χ3n) is 4.43. The molecular formula is C19H14ClFIN5O6S. The first-order valence-corrected chi connectivity index (χ1v) is 12.0. The molecule has 0 aromatic heterocycles. The number of nitro groups is 1. The summed E-state index contributed by atoms with van der Waals surface area (Å²) in [5.74, 6) is -2.57. The van der Waals surface area contributed by atoms with Crippen LogP contribution in [0.25, 0.3) is 0 Å². The summed E-state index contributed by atoms with van der Waals surface area (Å²) in [6.45, 7) is 0. The van der Waals surface area contributed by atoms with Crippen molar-refractivity contribution in [2.75, 3.05) is 10.6 Å². The van der Waals surface area contributed by atoms with Gasteiger partial charge in [0.25, 0.3) is 11.6 Å². The molecule has 0 aliphatic rings. The molecule has 3 aromatic carbocycles. The van der Waals surface area contributed by atoms with E-state index in [4.69, 9.17) is 21.9 Å². The lowest BCUT2D eigenvalue weighted by molar-refractivity contribution is -0.384. The highest BCUT2D eigenvalue weighted by atomic mass is 127. The van der Waals surface area contributed by atoms with Crippen molar-refractivity contribution in [3.05, 3.63) is 78.6 Å². The fourth-order valence-corrected chi connectivity index (χ4v) is 4.54. The fraction of sp³-hybridized carbons (Fsp3) is 0. The minimum Gasteiger partial charge on any atom is -0.351 e. The third kappa shape index (κ3) is 5.36. The van der Waals surface area contributed by atoms with Crippen LogP contribution in [-0.4, -0.2) is 24.5 Å². The second kappa shape index (κ2) is 10.1. The summed E-state index contributed by atoms with van der Waals surface area (Å²) in [4.78, 5) is 22.5. The summed E-state index contributed by atoms with van der Waals surface area (Å²) in [6.07, 6.45) is 0. The molecule has 11 nitrogen and oxygen atoms in total. The molecule has 178 valence electrons. The number of amides is 1. The Morgan fingerprint density at radius 3 is 2.35 bits per heavy atom. The number of sulfonamides is 1. The molecule has 0 aliphatic carbocycles. The molecule has 34 heavy (non-hydrogen) atoms. The normalized spacial score (nSPS) is 11.1. The summed E-state index contributed by atoms with van der Waals surface area (Å²) in [7, 11) is -4.28. The van der Waals surface area contributed by atoms with Gasteiger partial charge in [0.2, 0.25) is 10.0 Å². The van der Waals surface area contributed by atoms with Crippen molar-refractivity contribution < 1.29 is 27.7 Å². The Hall–Kier alpha value is -3.05. The maximum atomic E-state index is 15.7. The molecule has 0 atom stereocenters. The molecule has 0 fully saturated rings. The van der Waals surface area contributed by atoms with Crippen LogP contribution in [0.1, 0.15) is 10.4 Å². The number of para-hydroxylation sites is 1. The Kier molecular flexibility index (Phi) is 7.57. The Morgan fingerprint density at radius 1 is 1.12 bits per heavy atom. The van der Waals surface area contributed by atoms with E-state index in [1.54, 1.807) is 12.1 Å². The van der Waals surface area contributed by atoms with Gasteiger partial charge in [0.15, 0.2) is 11.5 Å². The smallest absolute Gasteiger partial charge is 0.296 e. The first-order valence-electron chi connectivity index (χ1n) is 9.00. The van der Waals surface area contributed by atoms with Gasteiger partial charge in [-0.2, -0.15) is 0 Å². The summed E-state index contributed by atoms with van der Waals surface area (Å²) in [5, 5.41) is 31.1. The molecule has 3 rings (SSSR count). The van der Waals surface area contributed by atoms with Crippen LogP contribution in [0.15, 0.2) is 53.4 Å². The van der Waals surface area contributed by atoms with Crippen LogP contribution in [-0.2, 0) is 10.0 Å². The first kappa shape index (κ1) is 25.6. The van der Waals surface area contributed by atoms with E-state index in [9.17, 15) is 23.3 Å². The lowest BCUT2D eigenvalue weighted by Crippen LogP contribution is -2.21. The number of hydrogen-bond donors (Lipinski definition) is 5. The number of nitrogens with zero attached hydrogens (tertiary/aromatic N) is 1. The maximum Gasteiger partial charge on any atom is 0.296 e. The van der Waals surface area contributed by atoms with Crippen molar-refractivity contribution in [3.63, 3.8) is 0 Å². The number of hydroxylamine groups is 1. The SMILES string of the molecule is NS(=O)(=O)c1ccccc1Nc1c([N+](=O)[O-])cc(C(=O)NO)c(Nc2ccc(I)cc2Cl)c1F. The van der Waals surface area contributed by atoms with Crippen LogP contribution < -0.4 is 21.3 Å². The van der Waals surface area contributed by atoms with Crippen molar-refractivity contribution in [1.82, 2.24) is 5.48 Å². The third-order valence-corrected chi connectivity index (χ3v) is 6.39. The van der Waals surface area contributed by atoms with Crippen molar-refractivity contribution in [2.45, 2.75) is 4.90 Å². The van der Waals surface area contributed by atoms with Crippen molar-refractivity contribution in [1.29, 1.82) is 0 Å². The molecule has 0 radical (unpaired) electrons. The van der Waals surface area contributed by atoms with E-state index in [0.717, 1.165) is 9.64 Å². The number of nitrogens with one attached hydrogen (secondary N) is 3. The van der Waals surface area contributed by atoms with Gasteiger partial charge in [0.1, 0.15) is 4.90 Å². The van der Waals surface area contributed by atoms with Crippen LogP contribution in [0.3, 0.4) is 0 Å². The Morgan fingerprint density at radius 2 is 1.76 bits per heavy atom. The zero-order valence-electron chi connectivity index (χ0n) is 16.7. The Labute approximate surface area is 210 Å². The van der Waals surface area contributed by atoms with Gasteiger partial charge in [0.05, 0.1) is 32.6 Å². The van der Waals surface area contributed by atoms with E-state index in [2.05, 4.69) is 10.6 Å². The number of hydrogen-bond acceptors (Lipinski definition) is 8. The quantitative estimate of drug-likeness (QED) is 0.113. The van der Waals surface area contributed by atoms with Gasteiger partial charge in [-0.15, -0.1) is 0 Å². The van der Waals surface area contributed by atoms with E-state index < -0.39 is 54.2 Å². The Bertz CT molecular complexity index is 1420. The number of benzene rings is 3. The van der Waals surface area contributed by atoms with Gasteiger partial charge in [-0.25, -0.2) is 23.4 Å². The van der Waals surface area contributed by atoms with Gasteiger partial charge < -0.3 is 10.6 Å².